The topological polar surface area (TPSA) is 79.3 Å². The zero-order valence-corrected chi connectivity index (χ0v) is 17.0. The Hall–Kier alpha value is -2.32. The van der Waals surface area contributed by atoms with E-state index in [1.165, 1.54) is 5.56 Å². The number of thioether (sulfide) groups is 1. The van der Waals surface area contributed by atoms with Gasteiger partial charge < -0.3 is 15.2 Å². The first-order valence-electron chi connectivity index (χ1n) is 9.56. The molecule has 0 unspecified atom stereocenters. The molecular formula is C20H27N5O2S. The minimum Gasteiger partial charge on any atom is -0.355 e. The van der Waals surface area contributed by atoms with Crippen LogP contribution in [0.3, 0.4) is 0 Å². The van der Waals surface area contributed by atoms with Gasteiger partial charge in [0, 0.05) is 51.4 Å². The van der Waals surface area contributed by atoms with E-state index in [0.717, 1.165) is 30.4 Å². The summed E-state index contributed by atoms with van der Waals surface area (Å²) in [4.78, 5) is 31.0. The first kappa shape index (κ1) is 20.4. The van der Waals surface area contributed by atoms with Gasteiger partial charge in [-0.3, -0.25) is 14.5 Å². The molecule has 1 aliphatic rings. The molecule has 2 N–H and O–H groups in total. The molecule has 8 heteroatoms. The van der Waals surface area contributed by atoms with E-state index in [1.54, 1.807) is 18.0 Å². The van der Waals surface area contributed by atoms with Crippen molar-refractivity contribution in [2.75, 3.05) is 31.9 Å². The van der Waals surface area contributed by atoms with Crippen molar-refractivity contribution in [3.05, 3.63) is 48.3 Å². The molecule has 2 amide bonds. The number of nitrogens with one attached hydrogen (secondary N) is 2. The first-order chi connectivity index (χ1) is 13.6. The van der Waals surface area contributed by atoms with E-state index in [9.17, 15) is 9.59 Å². The van der Waals surface area contributed by atoms with Crippen LogP contribution in [0.25, 0.3) is 0 Å². The molecule has 3 rings (SSSR count). The Kier molecular flexibility index (Phi) is 7.50. The quantitative estimate of drug-likeness (QED) is 0.485. The lowest BCUT2D eigenvalue weighted by molar-refractivity contribution is -0.133. The molecule has 0 spiro atoms. The van der Waals surface area contributed by atoms with Crippen LogP contribution in [0.15, 0.2) is 47.9 Å². The fourth-order valence-electron chi connectivity index (χ4n) is 3.24. The van der Waals surface area contributed by atoms with Crippen LogP contribution < -0.4 is 10.6 Å². The lowest BCUT2D eigenvalue weighted by Gasteiger charge is -2.34. The summed E-state index contributed by atoms with van der Waals surface area (Å²) in [6.45, 7) is 2.72. The van der Waals surface area contributed by atoms with Crippen LogP contribution in [0, 0.1) is 0 Å². The Bertz CT molecular complexity index is 780. The van der Waals surface area contributed by atoms with Crippen molar-refractivity contribution < 1.29 is 9.59 Å². The van der Waals surface area contributed by atoms with Gasteiger partial charge in [-0.1, -0.05) is 42.1 Å². The number of nitrogens with zero attached hydrogens (tertiary/aromatic N) is 3. The van der Waals surface area contributed by atoms with Gasteiger partial charge in [0.05, 0.1) is 12.5 Å². The maximum atomic E-state index is 12.4. The molecule has 28 heavy (non-hydrogen) atoms. The van der Waals surface area contributed by atoms with Crippen molar-refractivity contribution in [1.29, 1.82) is 0 Å². The molecule has 1 aromatic carbocycles. The number of aromatic nitrogens is 2. The van der Waals surface area contributed by atoms with Gasteiger partial charge in [-0.05, 0) is 12.0 Å². The van der Waals surface area contributed by atoms with E-state index in [-0.39, 0.29) is 18.2 Å². The van der Waals surface area contributed by atoms with Gasteiger partial charge in [0.15, 0.2) is 5.16 Å². The van der Waals surface area contributed by atoms with Crippen LogP contribution in [-0.2, 0) is 23.1 Å². The number of carbonyl (C=O) groups excluding carboxylic acids is 2. The molecule has 1 aromatic heterocycles. The van der Waals surface area contributed by atoms with Crippen LogP contribution in [0.5, 0.6) is 0 Å². The van der Waals surface area contributed by atoms with E-state index >= 15 is 0 Å². The molecule has 1 aliphatic heterocycles. The highest BCUT2D eigenvalue weighted by molar-refractivity contribution is 7.99. The molecule has 1 atom stereocenters. The summed E-state index contributed by atoms with van der Waals surface area (Å²) in [5.74, 6) is 0.592. The Balaban J connectivity index is 1.44. The fraction of sp³-hybridized carbons (Fsp3) is 0.450. The number of piperazine rings is 1. The van der Waals surface area contributed by atoms with E-state index in [0.29, 0.717) is 13.1 Å². The van der Waals surface area contributed by atoms with Crippen LogP contribution >= 0.6 is 11.8 Å². The predicted octanol–water partition coefficient (Wildman–Crippen LogP) is 1.06. The lowest BCUT2D eigenvalue weighted by atomic mass is 10.1. The summed E-state index contributed by atoms with van der Waals surface area (Å²) >= 11 is 1.60. The van der Waals surface area contributed by atoms with Crippen molar-refractivity contribution in [3.8, 4) is 0 Å². The second-order valence-corrected chi connectivity index (χ2v) is 7.86. The van der Waals surface area contributed by atoms with Crippen LogP contribution in [-0.4, -0.2) is 64.2 Å². The molecule has 2 aromatic rings. The second-order valence-electron chi connectivity index (χ2n) is 6.80. The van der Waals surface area contributed by atoms with Crippen LogP contribution in [0.4, 0.5) is 0 Å². The average molecular weight is 402 g/mol. The highest BCUT2D eigenvalue weighted by atomic mass is 32.2. The van der Waals surface area contributed by atoms with E-state index in [4.69, 9.17) is 0 Å². The van der Waals surface area contributed by atoms with Crippen molar-refractivity contribution in [1.82, 2.24) is 25.1 Å². The highest BCUT2D eigenvalue weighted by Crippen LogP contribution is 2.14. The standard InChI is InChI=1S/C20H27N5O2S/c1-24-12-8-23-20(24)28-14-10-21-18(26)15-17-19(27)22-9-13-25(17)11-7-16-5-3-2-4-6-16/h2-6,8,12,17H,7,9-11,13-15H2,1H3,(H,21,26)(H,22,27)/t17-/m1/s1. The number of amides is 2. The summed E-state index contributed by atoms with van der Waals surface area (Å²) in [7, 11) is 1.94. The molecule has 0 radical (unpaired) electrons. The Morgan fingerprint density at radius 3 is 2.93 bits per heavy atom. The molecule has 0 aliphatic carbocycles. The maximum Gasteiger partial charge on any atom is 0.237 e. The third-order valence-electron chi connectivity index (χ3n) is 4.78. The Morgan fingerprint density at radius 2 is 2.18 bits per heavy atom. The molecule has 7 nitrogen and oxygen atoms in total. The fourth-order valence-corrected chi connectivity index (χ4v) is 4.03. The van der Waals surface area contributed by atoms with Crippen LogP contribution in [0.1, 0.15) is 12.0 Å². The third-order valence-corrected chi connectivity index (χ3v) is 5.84. The number of rotatable bonds is 9. The number of hydrogen-bond acceptors (Lipinski definition) is 5. The zero-order valence-electron chi connectivity index (χ0n) is 16.1. The van der Waals surface area contributed by atoms with Gasteiger partial charge in [-0.15, -0.1) is 0 Å². The SMILES string of the molecule is Cn1ccnc1SCCNC(=O)C[C@@H]1C(=O)NCCN1CCc1ccccc1. The number of aryl methyl sites for hydroxylation is 1. The number of benzene rings is 1. The third kappa shape index (κ3) is 5.84. The average Bonchev–Trinajstić information content (AvgIpc) is 3.11. The molecule has 1 fully saturated rings. The molecular weight excluding hydrogens is 374 g/mol. The number of hydrogen-bond donors (Lipinski definition) is 2. The zero-order chi connectivity index (χ0) is 19.8. The summed E-state index contributed by atoms with van der Waals surface area (Å²) < 4.78 is 1.95. The van der Waals surface area contributed by atoms with E-state index in [1.807, 2.05) is 36.0 Å². The van der Waals surface area contributed by atoms with Crippen molar-refractivity contribution >= 4 is 23.6 Å². The normalized spacial score (nSPS) is 17.3. The first-order valence-corrected chi connectivity index (χ1v) is 10.5. The van der Waals surface area contributed by atoms with Gasteiger partial charge in [-0.25, -0.2) is 4.98 Å². The molecule has 0 saturated carbocycles. The monoisotopic (exact) mass is 401 g/mol. The minimum atomic E-state index is -0.403. The maximum absolute atomic E-state index is 12.4. The lowest BCUT2D eigenvalue weighted by Crippen LogP contribution is -2.57. The second kappa shape index (κ2) is 10.3. The molecule has 0 bridgehead atoms. The largest absolute Gasteiger partial charge is 0.355 e. The van der Waals surface area contributed by atoms with Gasteiger partial charge in [0.2, 0.25) is 11.8 Å². The van der Waals surface area contributed by atoms with Gasteiger partial charge in [0.1, 0.15) is 0 Å². The van der Waals surface area contributed by atoms with E-state index < -0.39 is 6.04 Å². The predicted molar refractivity (Wildman–Crippen MR) is 110 cm³/mol. The van der Waals surface area contributed by atoms with Crippen molar-refractivity contribution in [3.63, 3.8) is 0 Å². The van der Waals surface area contributed by atoms with E-state index in [2.05, 4.69) is 32.7 Å². The Morgan fingerprint density at radius 1 is 1.36 bits per heavy atom. The van der Waals surface area contributed by atoms with Gasteiger partial charge >= 0.3 is 0 Å². The minimum absolute atomic E-state index is 0.0585. The Labute approximate surface area is 169 Å². The summed E-state index contributed by atoms with van der Waals surface area (Å²) in [5.41, 5.74) is 1.24. The molecule has 150 valence electrons. The van der Waals surface area contributed by atoms with Gasteiger partial charge in [-0.2, -0.15) is 0 Å². The van der Waals surface area contributed by atoms with Gasteiger partial charge in [0.25, 0.3) is 0 Å². The summed E-state index contributed by atoms with van der Waals surface area (Å²) in [5, 5.41) is 6.73. The number of carbonyl (C=O) groups is 2. The number of imidazole rings is 1. The van der Waals surface area contributed by atoms with Crippen molar-refractivity contribution in [2.45, 2.75) is 24.0 Å². The van der Waals surface area contributed by atoms with Crippen molar-refractivity contribution in [2.24, 2.45) is 7.05 Å². The summed E-state index contributed by atoms with van der Waals surface area (Å²) in [6.07, 6.45) is 4.71. The molecule has 2 heterocycles. The highest BCUT2D eigenvalue weighted by Gasteiger charge is 2.31. The smallest absolute Gasteiger partial charge is 0.237 e. The van der Waals surface area contributed by atoms with Crippen LogP contribution in [0.2, 0.25) is 0 Å². The molecule has 1 saturated heterocycles. The summed E-state index contributed by atoms with van der Waals surface area (Å²) in [6, 6.07) is 9.81.